The second-order valence-electron chi connectivity index (χ2n) is 4.15. The Bertz CT molecular complexity index is 556. The summed E-state index contributed by atoms with van der Waals surface area (Å²) in [5.41, 5.74) is 2.31. The minimum Gasteiger partial charge on any atom is -0.386 e. The third kappa shape index (κ3) is 3.07. The molecule has 98 valence electrons. The SMILES string of the molecule is CNc1cnccc1C(=O)NC(C)c1ccncc1. The summed E-state index contributed by atoms with van der Waals surface area (Å²) in [7, 11) is 1.76. The summed E-state index contributed by atoms with van der Waals surface area (Å²) < 4.78 is 0. The Morgan fingerprint density at radius 1 is 1.16 bits per heavy atom. The number of carbonyl (C=O) groups excluding carboxylic acids is 1. The number of anilines is 1. The molecule has 0 radical (unpaired) electrons. The Morgan fingerprint density at radius 3 is 2.53 bits per heavy atom. The Labute approximate surface area is 112 Å². The van der Waals surface area contributed by atoms with E-state index in [4.69, 9.17) is 0 Å². The van der Waals surface area contributed by atoms with Crippen LogP contribution in [0, 0.1) is 0 Å². The van der Waals surface area contributed by atoms with Crippen molar-refractivity contribution < 1.29 is 4.79 Å². The molecular formula is C14H16N4O. The Balaban J connectivity index is 2.13. The molecule has 0 aliphatic rings. The fourth-order valence-corrected chi connectivity index (χ4v) is 1.80. The van der Waals surface area contributed by atoms with Crippen molar-refractivity contribution >= 4 is 11.6 Å². The van der Waals surface area contributed by atoms with Crippen molar-refractivity contribution in [1.82, 2.24) is 15.3 Å². The molecule has 5 heteroatoms. The lowest BCUT2D eigenvalue weighted by molar-refractivity contribution is 0.0940. The van der Waals surface area contributed by atoms with Crippen molar-refractivity contribution in [3.8, 4) is 0 Å². The van der Waals surface area contributed by atoms with Crippen LogP contribution in [-0.2, 0) is 0 Å². The minimum atomic E-state index is -0.129. The van der Waals surface area contributed by atoms with Gasteiger partial charge in [-0.3, -0.25) is 14.8 Å². The number of amides is 1. The van der Waals surface area contributed by atoms with Crippen LogP contribution in [-0.4, -0.2) is 22.9 Å². The molecule has 2 heterocycles. The van der Waals surface area contributed by atoms with Crippen molar-refractivity contribution in [3.05, 3.63) is 54.1 Å². The largest absolute Gasteiger partial charge is 0.386 e. The summed E-state index contributed by atoms with van der Waals surface area (Å²) in [5.74, 6) is -0.129. The van der Waals surface area contributed by atoms with Crippen LogP contribution in [0.5, 0.6) is 0 Å². The Hall–Kier alpha value is -2.43. The number of aromatic nitrogens is 2. The monoisotopic (exact) mass is 256 g/mol. The Morgan fingerprint density at radius 2 is 1.84 bits per heavy atom. The van der Waals surface area contributed by atoms with Gasteiger partial charge in [-0.15, -0.1) is 0 Å². The average Bonchev–Trinajstić information content (AvgIpc) is 2.48. The summed E-state index contributed by atoms with van der Waals surface area (Å²) in [6.45, 7) is 1.94. The molecule has 0 saturated carbocycles. The average molecular weight is 256 g/mol. The normalized spacial score (nSPS) is 11.7. The smallest absolute Gasteiger partial charge is 0.253 e. The number of nitrogens with one attached hydrogen (secondary N) is 2. The molecule has 2 N–H and O–H groups in total. The summed E-state index contributed by atoms with van der Waals surface area (Å²) in [6, 6.07) is 5.39. The first-order valence-electron chi connectivity index (χ1n) is 6.05. The molecule has 2 aromatic rings. The van der Waals surface area contributed by atoms with E-state index < -0.39 is 0 Å². The molecule has 2 rings (SSSR count). The molecule has 0 aromatic carbocycles. The van der Waals surface area contributed by atoms with E-state index in [9.17, 15) is 4.79 Å². The predicted octanol–water partition coefficient (Wildman–Crippen LogP) is 2.01. The minimum absolute atomic E-state index is 0.0756. The van der Waals surface area contributed by atoms with Gasteiger partial charge in [0.15, 0.2) is 0 Å². The van der Waals surface area contributed by atoms with Crippen LogP contribution in [0.4, 0.5) is 5.69 Å². The van der Waals surface area contributed by atoms with Crippen LogP contribution in [0.2, 0.25) is 0 Å². The number of hydrogen-bond donors (Lipinski definition) is 2. The molecule has 1 unspecified atom stereocenters. The van der Waals surface area contributed by atoms with E-state index in [1.165, 1.54) is 0 Å². The zero-order chi connectivity index (χ0) is 13.7. The highest BCUT2D eigenvalue weighted by atomic mass is 16.1. The van der Waals surface area contributed by atoms with Gasteiger partial charge in [-0.05, 0) is 30.7 Å². The number of pyridine rings is 2. The summed E-state index contributed by atoms with van der Waals surface area (Å²) in [4.78, 5) is 20.2. The van der Waals surface area contributed by atoms with Gasteiger partial charge in [0.1, 0.15) is 0 Å². The van der Waals surface area contributed by atoms with Crippen LogP contribution >= 0.6 is 0 Å². The van der Waals surface area contributed by atoms with Crippen molar-refractivity contribution in [2.24, 2.45) is 0 Å². The maximum Gasteiger partial charge on any atom is 0.253 e. The molecule has 1 amide bonds. The molecule has 0 bridgehead atoms. The van der Waals surface area contributed by atoms with Gasteiger partial charge in [-0.25, -0.2) is 0 Å². The van der Waals surface area contributed by atoms with Gasteiger partial charge < -0.3 is 10.6 Å². The zero-order valence-corrected chi connectivity index (χ0v) is 10.9. The van der Waals surface area contributed by atoms with Crippen molar-refractivity contribution in [2.45, 2.75) is 13.0 Å². The first-order chi connectivity index (χ1) is 9.22. The van der Waals surface area contributed by atoms with Crippen LogP contribution < -0.4 is 10.6 Å². The van der Waals surface area contributed by atoms with E-state index in [1.54, 1.807) is 37.9 Å². The third-order valence-electron chi connectivity index (χ3n) is 2.89. The van der Waals surface area contributed by atoms with E-state index in [-0.39, 0.29) is 11.9 Å². The van der Waals surface area contributed by atoms with Crippen molar-refractivity contribution in [2.75, 3.05) is 12.4 Å². The lowest BCUT2D eigenvalue weighted by Crippen LogP contribution is -2.27. The second kappa shape index (κ2) is 5.95. The highest BCUT2D eigenvalue weighted by Crippen LogP contribution is 2.15. The van der Waals surface area contributed by atoms with Gasteiger partial charge in [0.2, 0.25) is 0 Å². The molecule has 1 atom stereocenters. The topological polar surface area (TPSA) is 66.9 Å². The molecule has 0 aliphatic heterocycles. The van der Waals surface area contributed by atoms with E-state index in [1.807, 2.05) is 19.1 Å². The van der Waals surface area contributed by atoms with Crippen molar-refractivity contribution in [1.29, 1.82) is 0 Å². The van der Waals surface area contributed by atoms with Gasteiger partial charge in [0.05, 0.1) is 23.5 Å². The van der Waals surface area contributed by atoms with E-state index in [0.717, 1.165) is 5.56 Å². The third-order valence-corrected chi connectivity index (χ3v) is 2.89. The fraction of sp³-hybridized carbons (Fsp3) is 0.214. The summed E-state index contributed by atoms with van der Waals surface area (Å²) in [5, 5.41) is 5.91. The lowest BCUT2D eigenvalue weighted by Gasteiger charge is -2.15. The molecule has 0 spiro atoms. The summed E-state index contributed by atoms with van der Waals surface area (Å²) >= 11 is 0. The predicted molar refractivity (Wildman–Crippen MR) is 73.9 cm³/mol. The highest BCUT2D eigenvalue weighted by Gasteiger charge is 2.14. The first-order valence-corrected chi connectivity index (χ1v) is 6.05. The van der Waals surface area contributed by atoms with Crippen molar-refractivity contribution in [3.63, 3.8) is 0 Å². The standard InChI is InChI=1S/C14H16N4O/c1-10(11-3-6-16-7-4-11)18-14(19)12-5-8-17-9-13(12)15-2/h3-10,15H,1-2H3,(H,18,19). The summed E-state index contributed by atoms with van der Waals surface area (Å²) in [6.07, 6.45) is 6.66. The van der Waals surface area contributed by atoms with Crippen LogP contribution in [0.1, 0.15) is 28.9 Å². The van der Waals surface area contributed by atoms with Gasteiger partial charge in [0.25, 0.3) is 5.91 Å². The fourth-order valence-electron chi connectivity index (χ4n) is 1.80. The molecular weight excluding hydrogens is 240 g/mol. The first kappa shape index (κ1) is 13.0. The molecule has 19 heavy (non-hydrogen) atoms. The van der Waals surface area contributed by atoms with Gasteiger partial charge in [-0.1, -0.05) is 0 Å². The van der Waals surface area contributed by atoms with Crippen LogP contribution in [0.25, 0.3) is 0 Å². The van der Waals surface area contributed by atoms with Gasteiger partial charge >= 0.3 is 0 Å². The molecule has 5 nitrogen and oxygen atoms in total. The maximum absolute atomic E-state index is 12.2. The maximum atomic E-state index is 12.2. The highest BCUT2D eigenvalue weighted by molar-refractivity contribution is 5.99. The lowest BCUT2D eigenvalue weighted by atomic mass is 10.1. The van der Waals surface area contributed by atoms with Gasteiger partial charge in [-0.2, -0.15) is 0 Å². The van der Waals surface area contributed by atoms with Crippen LogP contribution in [0.15, 0.2) is 43.0 Å². The van der Waals surface area contributed by atoms with Crippen LogP contribution in [0.3, 0.4) is 0 Å². The quantitative estimate of drug-likeness (QED) is 0.878. The molecule has 0 saturated heterocycles. The number of rotatable bonds is 4. The Kier molecular flexibility index (Phi) is 4.07. The molecule has 0 fully saturated rings. The van der Waals surface area contributed by atoms with E-state index in [0.29, 0.717) is 11.3 Å². The molecule has 0 aliphatic carbocycles. The number of hydrogen-bond acceptors (Lipinski definition) is 4. The number of nitrogens with zero attached hydrogens (tertiary/aromatic N) is 2. The van der Waals surface area contributed by atoms with E-state index in [2.05, 4.69) is 20.6 Å². The van der Waals surface area contributed by atoms with E-state index >= 15 is 0 Å². The number of carbonyl (C=O) groups is 1. The van der Waals surface area contributed by atoms with Gasteiger partial charge in [0, 0.05) is 25.6 Å². The second-order valence-corrected chi connectivity index (χ2v) is 4.15. The molecule has 2 aromatic heterocycles. The zero-order valence-electron chi connectivity index (χ0n) is 10.9.